The Hall–Kier alpha value is 3.09. The highest BCUT2D eigenvalue weighted by molar-refractivity contribution is 9.30. The third-order valence-corrected chi connectivity index (χ3v) is 48.1. The van der Waals surface area contributed by atoms with Crippen LogP contribution in [0.3, 0.4) is 0 Å². The van der Waals surface area contributed by atoms with E-state index in [1.54, 1.807) is 0 Å². The molecule has 0 rings (SSSR count). The standard InChI is InChI=1S/C27H64O9S8Si3/c1-12-23-37-41-43(46(31-17-6,32-18-7)33-19-8)39-25-27(45(28-14-3,29-15-4)30-16-5)26-40-44(42-38-24-13-2)47(34-20-9,35-21-10)36-22-11/h27H,12-26H2,1-11H3/q+2. The van der Waals surface area contributed by atoms with Crippen molar-refractivity contribution in [2.24, 2.45) is 0 Å². The first kappa shape index (κ1) is 50.1. The minimum absolute atomic E-state index is 0.0101. The molecule has 0 aromatic rings. The van der Waals surface area contributed by atoms with E-state index in [4.69, 9.17) is 39.8 Å². The number of hydrogen-bond acceptors (Lipinski definition) is 15. The van der Waals surface area contributed by atoms with Crippen molar-refractivity contribution in [2.45, 2.75) is 94.5 Å². The van der Waals surface area contributed by atoms with Gasteiger partial charge in [0, 0.05) is 71.0 Å². The van der Waals surface area contributed by atoms with Gasteiger partial charge in [0.15, 0.2) is 36.5 Å². The molecule has 0 aliphatic heterocycles. The summed E-state index contributed by atoms with van der Waals surface area (Å²) in [5.41, 5.74) is -0.0101. The zero-order chi connectivity index (χ0) is 35.4. The maximum absolute atomic E-state index is 6.58. The third-order valence-electron chi connectivity index (χ3n) is 5.42. The maximum Gasteiger partial charge on any atom is 0.808 e. The Bertz CT molecular complexity index is 639. The van der Waals surface area contributed by atoms with Gasteiger partial charge in [-0.05, 0) is 96.7 Å². The Labute approximate surface area is 318 Å². The van der Waals surface area contributed by atoms with Crippen LogP contribution in [0.25, 0.3) is 0 Å². The van der Waals surface area contributed by atoms with Gasteiger partial charge < -0.3 is 39.8 Å². The molecule has 0 amide bonds. The average Bonchev–Trinajstić information content (AvgIpc) is 3.04. The fourth-order valence-corrected chi connectivity index (χ4v) is 49.6. The summed E-state index contributed by atoms with van der Waals surface area (Å²) in [5, 5.41) is 0. The van der Waals surface area contributed by atoms with E-state index in [2.05, 4.69) is 13.8 Å². The Morgan fingerprint density at radius 2 is 0.702 bits per heavy atom. The van der Waals surface area contributed by atoms with Gasteiger partial charge in [0.05, 0.1) is 38.6 Å². The minimum Gasteiger partial charge on any atom is -0.374 e. The Kier molecular flexibility index (Phi) is 33.5. The second kappa shape index (κ2) is 31.4. The van der Waals surface area contributed by atoms with Gasteiger partial charge in [-0.15, -0.1) is 0 Å². The van der Waals surface area contributed by atoms with Crippen molar-refractivity contribution in [1.82, 2.24) is 0 Å². The SMILES string of the molecule is CCCSS[S+](SCC(CS[S+](SSCCC)[Si](OCC)(OCC)OCC)[Si](OCC)(OCC)OCC)[Si](OCC)(OCC)OCC. The van der Waals surface area contributed by atoms with E-state index in [9.17, 15) is 0 Å². The van der Waals surface area contributed by atoms with Crippen LogP contribution in [-0.2, 0) is 56.7 Å². The van der Waals surface area contributed by atoms with Crippen molar-refractivity contribution < 1.29 is 39.8 Å². The molecule has 47 heavy (non-hydrogen) atoms. The van der Waals surface area contributed by atoms with E-state index in [0.717, 1.165) is 35.9 Å². The molecule has 0 radical (unpaired) electrons. The highest BCUT2D eigenvalue weighted by atomic mass is 33.8. The molecule has 0 aromatic heterocycles. The molecular weight excluding hydrogens is 809 g/mol. The fraction of sp³-hybridized carbons (Fsp3) is 1.00. The Morgan fingerprint density at radius 3 is 0.936 bits per heavy atom. The summed E-state index contributed by atoms with van der Waals surface area (Å²) in [6.45, 7) is 27.4. The van der Waals surface area contributed by atoms with Crippen LogP contribution in [0.15, 0.2) is 0 Å². The zero-order valence-corrected chi connectivity index (χ0v) is 40.2. The summed E-state index contributed by atoms with van der Waals surface area (Å²) >= 11 is 0. The van der Waals surface area contributed by atoms with Gasteiger partial charge in [-0.1, -0.05) is 13.8 Å². The zero-order valence-electron chi connectivity index (χ0n) is 30.6. The van der Waals surface area contributed by atoms with Gasteiger partial charge in [0.2, 0.25) is 0 Å². The van der Waals surface area contributed by atoms with Gasteiger partial charge in [-0.2, -0.15) is 0 Å². The van der Waals surface area contributed by atoms with Crippen LogP contribution in [0.1, 0.15) is 89.0 Å². The first-order valence-corrected chi connectivity index (χ1v) is 34.7. The van der Waals surface area contributed by atoms with Crippen molar-refractivity contribution in [2.75, 3.05) is 82.5 Å². The lowest BCUT2D eigenvalue weighted by Gasteiger charge is -2.34. The molecule has 0 saturated heterocycles. The van der Waals surface area contributed by atoms with Gasteiger partial charge >= 0.3 is 24.7 Å². The van der Waals surface area contributed by atoms with Crippen LogP contribution in [-0.4, -0.2) is 107 Å². The predicted octanol–water partition coefficient (Wildman–Crippen LogP) is 9.44. The summed E-state index contributed by atoms with van der Waals surface area (Å²) in [4.78, 5) is 0. The quantitative estimate of drug-likeness (QED) is 0.0262. The number of hydrogen-bond donors (Lipinski definition) is 0. The molecular formula is C27H64O9S8Si3+2. The average molecular weight is 874 g/mol. The van der Waals surface area contributed by atoms with Crippen LogP contribution in [0, 0.1) is 0 Å². The highest BCUT2D eigenvalue weighted by Crippen LogP contribution is 2.51. The topological polar surface area (TPSA) is 83.1 Å². The van der Waals surface area contributed by atoms with Crippen molar-refractivity contribution in [1.29, 1.82) is 0 Å². The summed E-state index contributed by atoms with van der Waals surface area (Å²) in [6.07, 6.45) is 2.20. The van der Waals surface area contributed by atoms with Gasteiger partial charge in [-0.3, -0.25) is 0 Å². The summed E-state index contributed by atoms with van der Waals surface area (Å²) in [7, 11) is 1.20. The van der Waals surface area contributed by atoms with E-state index in [-0.39, 0.29) is 5.54 Å². The Balaban J connectivity index is 6.87. The van der Waals surface area contributed by atoms with E-state index in [0.29, 0.717) is 59.5 Å². The highest BCUT2D eigenvalue weighted by Gasteiger charge is 2.69. The van der Waals surface area contributed by atoms with Crippen molar-refractivity contribution in [3.8, 4) is 0 Å². The summed E-state index contributed by atoms with van der Waals surface area (Å²) < 4.78 is 58.5. The molecule has 0 spiro atoms. The van der Waals surface area contributed by atoms with Gasteiger partial charge in [-0.25, -0.2) is 0 Å². The van der Waals surface area contributed by atoms with Crippen LogP contribution in [0.2, 0.25) is 5.54 Å². The molecule has 0 aliphatic carbocycles. The number of rotatable bonds is 35. The van der Waals surface area contributed by atoms with E-state index in [1.807, 2.05) is 125 Å². The van der Waals surface area contributed by atoms with E-state index < -0.39 is 41.5 Å². The van der Waals surface area contributed by atoms with E-state index in [1.165, 1.54) is 0 Å². The minimum atomic E-state index is -3.14. The predicted molar refractivity (Wildman–Crippen MR) is 226 cm³/mol. The molecule has 0 N–H and O–H groups in total. The Morgan fingerprint density at radius 1 is 0.426 bits per heavy atom. The lowest BCUT2D eigenvalue weighted by molar-refractivity contribution is 0.0650. The van der Waals surface area contributed by atoms with Gasteiger partial charge in [0.1, 0.15) is 0 Å². The molecule has 2 atom stereocenters. The van der Waals surface area contributed by atoms with Crippen molar-refractivity contribution >= 4 is 104 Å². The van der Waals surface area contributed by atoms with Crippen LogP contribution in [0.4, 0.5) is 0 Å². The van der Waals surface area contributed by atoms with Crippen molar-refractivity contribution in [3.63, 3.8) is 0 Å². The summed E-state index contributed by atoms with van der Waals surface area (Å²) in [5.74, 6) is 3.60. The molecule has 0 heterocycles. The molecule has 2 unspecified atom stereocenters. The second-order valence-electron chi connectivity index (χ2n) is 9.02. The molecule has 0 bridgehead atoms. The lowest BCUT2D eigenvalue weighted by atomic mass is 10.5. The summed E-state index contributed by atoms with van der Waals surface area (Å²) in [6, 6.07) is 0. The van der Waals surface area contributed by atoms with Crippen LogP contribution < -0.4 is 0 Å². The normalized spacial score (nSPS) is 14.9. The molecule has 0 aliphatic rings. The first-order valence-electron chi connectivity index (χ1n) is 16.9. The molecule has 0 saturated carbocycles. The molecule has 0 fully saturated rings. The largest absolute Gasteiger partial charge is 0.808 e. The second-order valence-corrected chi connectivity index (χ2v) is 39.6. The first-order chi connectivity index (χ1) is 22.8. The molecule has 20 heteroatoms. The fourth-order valence-electron chi connectivity index (χ4n) is 3.81. The lowest BCUT2D eigenvalue weighted by Crippen LogP contribution is -2.54. The maximum atomic E-state index is 6.58. The van der Waals surface area contributed by atoms with E-state index >= 15 is 0 Å². The molecule has 0 aromatic carbocycles. The van der Waals surface area contributed by atoms with Crippen LogP contribution in [0.5, 0.6) is 0 Å². The monoisotopic (exact) mass is 872 g/mol. The molecule has 9 nitrogen and oxygen atoms in total. The van der Waals surface area contributed by atoms with Crippen LogP contribution >= 0.6 is 62.8 Å². The van der Waals surface area contributed by atoms with Gasteiger partial charge in [0.25, 0.3) is 0 Å². The molecule has 284 valence electrons. The third kappa shape index (κ3) is 18.3. The van der Waals surface area contributed by atoms with Crippen molar-refractivity contribution in [3.05, 3.63) is 0 Å². The smallest absolute Gasteiger partial charge is 0.374 e.